The van der Waals surface area contributed by atoms with Gasteiger partial charge in [0.05, 0.1) is 36.4 Å². The lowest BCUT2D eigenvalue weighted by molar-refractivity contribution is -0.138. The monoisotopic (exact) mass is 410 g/mol. The summed E-state index contributed by atoms with van der Waals surface area (Å²) >= 11 is 1.60. The number of aliphatic carboxylic acids is 1. The third-order valence-corrected chi connectivity index (χ3v) is 6.21. The molecule has 0 radical (unpaired) electrons. The number of carboxylic acids is 1. The quantitative estimate of drug-likeness (QED) is 0.460. The van der Waals surface area contributed by atoms with Crippen LogP contribution in [0.2, 0.25) is 0 Å². The zero-order valence-electron chi connectivity index (χ0n) is 15.6. The standard InChI is InChI=1S/C19H18N6O3S/c1-28-14-5-12-10(6-22-24-12)4-13(14)23-18-17-11-2-3-25(8-16(26)27)7-15(11)29-19(17)21-9-20-18/h4-6,9H,2-3,7-8H2,1H3,(H,22,24)(H,26,27)(H,20,21,23). The Morgan fingerprint density at radius 2 is 2.31 bits per heavy atom. The second-order valence-corrected chi connectivity index (χ2v) is 7.98. The van der Waals surface area contributed by atoms with E-state index in [1.165, 1.54) is 5.56 Å². The summed E-state index contributed by atoms with van der Waals surface area (Å²) in [7, 11) is 1.63. The summed E-state index contributed by atoms with van der Waals surface area (Å²) < 4.78 is 5.54. The number of carbonyl (C=O) groups is 1. The van der Waals surface area contributed by atoms with Crippen molar-refractivity contribution in [3.05, 3.63) is 35.1 Å². The van der Waals surface area contributed by atoms with Crippen LogP contribution >= 0.6 is 11.3 Å². The van der Waals surface area contributed by atoms with Gasteiger partial charge in [-0.3, -0.25) is 14.8 Å². The molecule has 0 amide bonds. The number of nitrogens with zero attached hydrogens (tertiary/aromatic N) is 4. The highest BCUT2D eigenvalue weighted by atomic mass is 32.1. The molecule has 0 atom stereocenters. The molecular formula is C19H18N6O3S. The number of hydrogen-bond donors (Lipinski definition) is 3. The van der Waals surface area contributed by atoms with Crippen molar-refractivity contribution in [2.45, 2.75) is 13.0 Å². The first-order valence-electron chi connectivity index (χ1n) is 9.10. The molecule has 9 nitrogen and oxygen atoms in total. The van der Waals surface area contributed by atoms with Crippen LogP contribution in [-0.2, 0) is 17.8 Å². The van der Waals surface area contributed by atoms with Crippen LogP contribution < -0.4 is 10.1 Å². The zero-order valence-corrected chi connectivity index (χ0v) is 16.4. The molecule has 0 spiro atoms. The number of rotatable bonds is 5. The molecule has 4 aromatic rings. The fourth-order valence-corrected chi connectivity index (χ4v) is 5.00. The van der Waals surface area contributed by atoms with E-state index in [0.29, 0.717) is 18.8 Å². The molecule has 3 aromatic heterocycles. The lowest BCUT2D eigenvalue weighted by Crippen LogP contribution is -2.34. The van der Waals surface area contributed by atoms with Gasteiger partial charge < -0.3 is 15.2 Å². The number of nitrogens with one attached hydrogen (secondary N) is 2. The van der Waals surface area contributed by atoms with Crippen molar-refractivity contribution in [3.63, 3.8) is 0 Å². The Hall–Kier alpha value is -3.24. The molecule has 29 heavy (non-hydrogen) atoms. The fraction of sp³-hybridized carbons (Fsp3) is 0.263. The zero-order chi connectivity index (χ0) is 20.0. The fourth-order valence-electron chi connectivity index (χ4n) is 3.77. The summed E-state index contributed by atoms with van der Waals surface area (Å²) in [6.07, 6.45) is 4.08. The molecule has 5 rings (SSSR count). The average molecular weight is 410 g/mol. The molecule has 1 aliphatic heterocycles. The minimum Gasteiger partial charge on any atom is -0.494 e. The number of ether oxygens (including phenoxy) is 1. The number of anilines is 2. The molecule has 0 saturated heterocycles. The van der Waals surface area contributed by atoms with Crippen LogP contribution in [0.1, 0.15) is 10.4 Å². The van der Waals surface area contributed by atoms with Gasteiger partial charge >= 0.3 is 5.97 Å². The van der Waals surface area contributed by atoms with Gasteiger partial charge in [-0.05, 0) is 18.1 Å². The maximum atomic E-state index is 11.1. The number of methoxy groups -OCH3 is 1. The number of carboxylic acid groups (broad SMARTS) is 1. The largest absolute Gasteiger partial charge is 0.494 e. The van der Waals surface area contributed by atoms with Crippen LogP contribution in [0.4, 0.5) is 11.5 Å². The molecule has 148 valence electrons. The SMILES string of the molecule is COc1cc2[nH]ncc2cc1Nc1ncnc2sc3c(c12)CCN(CC(=O)O)C3. The Kier molecular flexibility index (Phi) is 4.29. The summed E-state index contributed by atoms with van der Waals surface area (Å²) in [6, 6.07) is 3.87. The highest BCUT2D eigenvalue weighted by molar-refractivity contribution is 7.19. The topological polar surface area (TPSA) is 116 Å². The van der Waals surface area contributed by atoms with E-state index in [1.807, 2.05) is 17.0 Å². The Labute approximate surface area is 169 Å². The van der Waals surface area contributed by atoms with E-state index in [0.717, 1.165) is 43.9 Å². The number of fused-ring (bicyclic) bond motifs is 4. The summed E-state index contributed by atoms with van der Waals surface area (Å²) in [4.78, 5) is 24.0. The first-order valence-corrected chi connectivity index (χ1v) is 9.91. The minimum absolute atomic E-state index is 0.0480. The van der Waals surface area contributed by atoms with Crippen LogP contribution in [0.5, 0.6) is 5.75 Å². The molecule has 0 fully saturated rings. The Morgan fingerprint density at radius 1 is 1.41 bits per heavy atom. The van der Waals surface area contributed by atoms with E-state index in [2.05, 4.69) is 25.5 Å². The molecule has 1 aromatic carbocycles. The maximum Gasteiger partial charge on any atom is 0.317 e. The highest BCUT2D eigenvalue weighted by Crippen LogP contribution is 2.39. The van der Waals surface area contributed by atoms with Crippen molar-refractivity contribution < 1.29 is 14.6 Å². The normalized spacial score (nSPS) is 14.2. The second kappa shape index (κ2) is 6.98. The first-order chi connectivity index (χ1) is 14.1. The predicted molar refractivity (Wildman–Crippen MR) is 110 cm³/mol. The van der Waals surface area contributed by atoms with Crippen LogP contribution in [0.25, 0.3) is 21.1 Å². The van der Waals surface area contributed by atoms with Gasteiger partial charge in [0.1, 0.15) is 22.7 Å². The number of hydrogen-bond acceptors (Lipinski definition) is 8. The van der Waals surface area contributed by atoms with Crippen LogP contribution in [0.15, 0.2) is 24.7 Å². The van der Waals surface area contributed by atoms with Gasteiger partial charge in [0.15, 0.2) is 0 Å². The smallest absolute Gasteiger partial charge is 0.317 e. The van der Waals surface area contributed by atoms with Crippen molar-refractivity contribution in [1.29, 1.82) is 0 Å². The third kappa shape index (κ3) is 3.15. The molecule has 0 aliphatic carbocycles. The number of H-pyrrole nitrogens is 1. The third-order valence-electron chi connectivity index (χ3n) is 5.09. The van der Waals surface area contributed by atoms with Crippen LogP contribution in [0, 0.1) is 0 Å². The summed E-state index contributed by atoms with van der Waals surface area (Å²) in [6.45, 7) is 1.36. The molecule has 4 heterocycles. The van der Waals surface area contributed by atoms with E-state index in [-0.39, 0.29) is 6.54 Å². The van der Waals surface area contributed by atoms with Gasteiger partial charge in [-0.25, -0.2) is 9.97 Å². The number of aromatic amines is 1. The second-order valence-electron chi connectivity index (χ2n) is 6.90. The van der Waals surface area contributed by atoms with Gasteiger partial charge in [0.25, 0.3) is 0 Å². The summed E-state index contributed by atoms with van der Waals surface area (Å²) in [5.41, 5.74) is 2.88. The molecule has 0 saturated carbocycles. The lowest BCUT2D eigenvalue weighted by Gasteiger charge is -2.25. The molecule has 0 bridgehead atoms. The molecule has 10 heteroatoms. The average Bonchev–Trinajstić information content (AvgIpc) is 3.30. The number of thiophene rings is 1. The Balaban J connectivity index is 1.55. The maximum absolute atomic E-state index is 11.1. The molecule has 1 aliphatic rings. The van der Waals surface area contributed by atoms with Gasteiger partial charge in [0.2, 0.25) is 0 Å². The van der Waals surface area contributed by atoms with Crippen LogP contribution in [-0.4, -0.2) is 56.3 Å². The number of benzene rings is 1. The van der Waals surface area contributed by atoms with E-state index < -0.39 is 5.97 Å². The van der Waals surface area contributed by atoms with E-state index in [1.54, 1.807) is 31.0 Å². The minimum atomic E-state index is -0.807. The van der Waals surface area contributed by atoms with Crippen molar-refractivity contribution in [1.82, 2.24) is 25.1 Å². The number of aromatic nitrogens is 4. The van der Waals surface area contributed by atoms with Crippen molar-refractivity contribution in [2.24, 2.45) is 0 Å². The molecule has 3 N–H and O–H groups in total. The van der Waals surface area contributed by atoms with Crippen molar-refractivity contribution in [3.8, 4) is 5.75 Å². The van der Waals surface area contributed by atoms with Gasteiger partial charge in [-0.1, -0.05) is 0 Å². The summed E-state index contributed by atoms with van der Waals surface area (Å²) in [5, 5.41) is 21.5. The van der Waals surface area contributed by atoms with E-state index in [9.17, 15) is 4.79 Å². The van der Waals surface area contributed by atoms with Crippen molar-refractivity contribution in [2.75, 3.05) is 25.5 Å². The predicted octanol–water partition coefficient (Wildman–Crippen LogP) is 2.76. The van der Waals surface area contributed by atoms with Gasteiger partial charge in [-0.2, -0.15) is 5.10 Å². The van der Waals surface area contributed by atoms with Crippen LogP contribution in [0.3, 0.4) is 0 Å². The molecule has 0 unspecified atom stereocenters. The first kappa shape index (κ1) is 17.8. The van der Waals surface area contributed by atoms with Gasteiger partial charge in [-0.15, -0.1) is 11.3 Å². The Morgan fingerprint density at radius 3 is 3.14 bits per heavy atom. The van der Waals surface area contributed by atoms with Crippen molar-refractivity contribution >= 4 is 49.9 Å². The summed E-state index contributed by atoms with van der Waals surface area (Å²) in [5.74, 6) is 0.601. The lowest BCUT2D eigenvalue weighted by atomic mass is 10.0. The van der Waals surface area contributed by atoms with E-state index in [4.69, 9.17) is 9.84 Å². The Bertz CT molecular complexity index is 1230. The van der Waals surface area contributed by atoms with E-state index >= 15 is 0 Å². The molecular weight excluding hydrogens is 392 g/mol. The van der Waals surface area contributed by atoms with Gasteiger partial charge in [0, 0.05) is 29.4 Å². The highest BCUT2D eigenvalue weighted by Gasteiger charge is 2.25.